The minimum atomic E-state index is -0.705. The van der Waals surface area contributed by atoms with E-state index in [4.69, 9.17) is 26.2 Å². The number of benzene rings is 2. The number of hydrogen-bond acceptors (Lipinski definition) is 7. The van der Waals surface area contributed by atoms with Crippen LogP contribution in [-0.4, -0.2) is 51.4 Å². The number of aromatic amines is 1. The number of carbonyl (C=O) groups is 1. The molecule has 2 aromatic carbocycles. The molecule has 0 unspecified atom stereocenters. The number of halogens is 2. The Morgan fingerprint density at radius 1 is 1.29 bits per heavy atom. The predicted molar refractivity (Wildman–Crippen MR) is 126 cm³/mol. The van der Waals surface area contributed by atoms with Crippen molar-refractivity contribution in [2.45, 2.75) is 26.5 Å². The van der Waals surface area contributed by atoms with Gasteiger partial charge in [0.2, 0.25) is 5.62 Å². The molecule has 35 heavy (non-hydrogen) atoms. The topological polar surface area (TPSA) is 131 Å². The highest BCUT2D eigenvalue weighted by Gasteiger charge is 2.11. The summed E-state index contributed by atoms with van der Waals surface area (Å²) in [6.45, 7) is 3.05. The van der Waals surface area contributed by atoms with E-state index in [1.807, 2.05) is 0 Å². The molecule has 3 aromatic rings. The Balaban J connectivity index is 2.00. The number of aromatic nitrogens is 3. The van der Waals surface area contributed by atoms with Crippen molar-refractivity contribution in [3.8, 4) is 11.8 Å². The van der Waals surface area contributed by atoms with Crippen LogP contribution in [0.4, 0.5) is 10.1 Å². The first-order valence-electron chi connectivity index (χ1n) is 10.7. The molecule has 0 spiro atoms. The fraction of sp³-hybridized carbons (Fsp3) is 0.304. The molecule has 3 rings (SSSR count). The average molecular weight is 506 g/mol. The molecular formula is C23H25ClFN5O5. The Morgan fingerprint density at radius 2 is 2.03 bits per heavy atom. The number of ether oxygens (including phenoxy) is 2. The number of carbonyl (C=O) groups excluding carboxylic acids is 1. The molecule has 0 bridgehead atoms. The molecule has 0 saturated carbocycles. The lowest BCUT2D eigenvalue weighted by molar-refractivity contribution is -0.123. The standard InChI is InChI=1S/C23H25ClFN5O5/c1-14(2)35-19-8-7-17(11-18(19)25)27-21-28-22(34-13-20(32)26-9-10-31)29-23(33)30(21)12-15-3-5-16(24)6-4-15/h3-8,11,14,31H,9-10,12-13H2,1-2H3,(H,26,32)(H,27,28,29,33). The Bertz CT molecular complexity index is 1290. The zero-order chi connectivity index (χ0) is 25.4. The molecule has 0 radical (unpaired) electrons. The van der Waals surface area contributed by atoms with Crippen LogP contribution in [0.15, 0.2) is 52.3 Å². The molecule has 1 amide bonds. The lowest BCUT2D eigenvalue weighted by Crippen LogP contribution is -2.39. The van der Waals surface area contributed by atoms with Gasteiger partial charge in [0.25, 0.3) is 5.91 Å². The normalized spacial score (nSPS) is 11.5. The van der Waals surface area contributed by atoms with Gasteiger partial charge < -0.3 is 19.9 Å². The summed E-state index contributed by atoms with van der Waals surface area (Å²) in [5, 5.41) is 11.7. The molecule has 0 aliphatic rings. The minimum absolute atomic E-state index is 0.0163. The number of aliphatic hydroxyl groups is 1. The van der Waals surface area contributed by atoms with E-state index in [0.717, 1.165) is 5.56 Å². The number of hydrogen-bond donors (Lipinski definition) is 3. The Hall–Kier alpha value is -3.70. The van der Waals surface area contributed by atoms with Gasteiger partial charge in [-0.05, 0) is 43.7 Å². The van der Waals surface area contributed by atoms with E-state index in [-0.39, 0.29) is 48.9 Å². The third-order valence-corrected chi connectivity index (χ3v) is 4.70. The van der Waals surface area contributed by atoms with E-state index in [1.165, 1.54) is 22.8 Å². The van der Waals surface area contributed by atoms with Gasteiger partial charge in [-0.25, -0.2) is 14.2 Å². The van der Waals surface area contributed by atoms with Crippen molar-refractivity contribution in [2.24, 2.45) is 4.99 Å². The first-order chi connectivity index (χ1) is 16.7. The second kappa shape index (κ2) is 12.1. The van der Waals surface area contributed by atoms with E-state index in [1.54, 1.807) is 38.1 Å². The number of nitrogens with one attached hydrogen (secondary N) is 2. The highest BCUT2D eigenvalue weighted by Crippen LogP contribution is 2.23. The number of aliphatic hydroxyl groups excluding tert-OH is 1. The van der Waals surface area contributed by atoms with Crippen molar-refractivity contribution in [2.75, 3.05) is 19.8 Å². The van der Waals surface area contributed by atoms with Crippen molar-refractivity contribution in [3.05, 3.63) is 75.0 Å². The smallest absolute Gasteiger partial charge is 0.355 e. The summed E-state index contributed by atoms with van der Waals surface area (Å²) < 4.78 is 26.4. The minimum Gasteiger partial charge on any atom is -0.488 e. The summed E-state index contributed by atoms with van der Waals surface area (Å²) in [6, 6.07) is 10.8. The molecule has 10 nitrogen and oxygen atoms in total. The zero-order valence-corrected chi connectivity index (χ0v) is 19.9. The van der Waals surface area contributed by atoms with E-state index < -0.39 is 24.0 Å². The Morgan fingerprint density at radius 3 is 2.69 bits per heavy atom. The number of H-pyrrole nitrogens is 1. The van der Waals surface area contributed by atoms with Gasteiger partial charge in [-0.2, -0.15) is 0 Å². The number of nitrogens with zero attached hydrogens (tertiary/aromatic N) is 3. The van der Waals surface area contributed by atoms with Gasteiger partial charge >= 0.3 is 11.7 Å². The maximum atomic E-state index is 14.5. The van der Waals surface area contributed by atoms with Gasteiger partial charge in [0, 0.05) is 17.6 Å². The fourth-order valence-electron chi connectivity index (χ4n) is 2.91. The van der Waals surface area contributed by atoms with Crippen LogP contribution in [0.3, 0.4) is 0 Å². The lowest BCUT2D eigenvalue weighted by Gasteiger charge is -2.11. The van der Waals surface area contributed by atoms with Gasteiger partial charge in [-0.1, -0.05) is 23.7 Å². The molecule has 1 aromatic heterocycles. The van der Waals surface area contributed by atoms with E-state index in [2.05, 4.69) is 20.3 Å². The summed E-state index contributed by atoms with van der Waals surface area (Å²) in [6.07, 6.45) is -0.209. The Labute approximate surface area is 205 Å². The second-order valence-corrected chi connectivity index (χ2v) is 8.05. The van der Waals surface area contributed by atoms with Crippen LogP contribution in [0.5, 0.6) is 11.8 Å². The van der Waals surface area contributed by atoms with E-state index in [0.29, 0.717) is 5.02 Å². The SMILES string of the molecule is CC(C)Oc1ccc(/N=c2\[nH]c(OCC(=O)NCCO)nc(=O)n2Cc2ccc(Cl)cc2)cc1F. The van der Waals surface area contributed by atoms with Crippen LogP contribution in [0.25, 0.3) is 0 Å². The molecule has 0 saturated heterocycles. The maximum Gasteiger partial charge on any atom is 0.355 e. The van der Waals surface area contributed by atoms with Crippen molar-refractivity contribution in [1.29, 1.82) is 0 Å². The van der Waals surface area contributed by atoms with Crippen LogP contribution in [0, 0.1) is 5.82 Å². The molecule has 0 aliphatic carbocycles. The summed E-state index contributed by atoms with van der Waals surface area (Å²) in [5.41, 5.74) is 0.259. The number of rotatable bonds is 10. The summed E-state index contributed by atoms with van der Waals surface area (Å²) in [7, 11) is 0. The third kappa shape index (κ3) is 7.66. The molecular weight excluding hydrogens is 481 g/mol. The first-order valence-corrected chi connectivity index (χ1v) is 11.1. The molecule has 0 aliphatic heterocycles. The van der Waals surface area contributed by atoms with Crippen LogP contribution in [0.1, 0.15) is 19.4 Å². The first kappa shape index (κ1) is 25.9. The van der Waals surface area contributed by atoms with Crippen LogP contribution < -0.4 is 26.1 Å². The maximum absolute atomic E-state index is 14.5. The molecule has 12 heteroatoms. The van der Waals surface area contributed by atoms with Crippen LogP contribution in [-0.2, 0) is 11.3 Å². The molecule has 1 heterocycles. The lowest BCUT2D eigenvalue weighted by atomic mass is 10.2. The molecule has 186 valence electrons. The van der Waals surface area contributed by atoms with E-state index >= 15 is 0 Å². The Kier molecular flexibility index (Phi) is 8.98. The van der Waals surface area contributed by atoms with Crippen molar-refractivity contribution >= 4 is 23.2 Å². The fourth-order valence-corrected chi connectivity index (χ4v) is 3.04. The van der Waals surface area contributed by atoms with Crippen LogP contribution >= 0.6 is 11.6 Å². The van der Waals surface area contributed by atoms with Gasteiger partial charge in [0.1, 0.15) is 0 Å². The van der Waals surface area contributed by atoms with E-state index in [9.17, 15) is 14.0 Å². The molecule has 0 atom stereocenters. The summed E-state index contributed by atoms with van der Waals surface area (Å²) in [4.78, 5) is 35.5. The van der Waals surface area contributed by atoms with Gasteiger partial charge in [-0.3, -0.25) is 14.3 Å². The quantitative estimate of drug-likeness (QED) is 0.386. The third-order valence-electron chi connectivity index (χ3n) is 4.44. The molecule has 3 N–H and O–H groups in total. The van der Waals surface area contributed by atoms with Crippen molar-refractivity contribution in [3.63, 3.8) is 0 Å². The zero-order valence-electron chi connectivity index (χ0n) is 19.1. The van der Waals surface area contributed by atoms with Crippen molar-refractivity contribution < 1.29 is 23.8 Å². The second-order valence-electron chi connectivity index (χ2n) is 7.62. The monoisotopic (exact) mass is 505 g/mol. The summed E-state index contributed by atoms with van der Waals surface area (Å²) in [5.74, 6) is -1.05. The molecule has 0 fully saturated rings. The van der Waals surface area contributed by atoms with Gasteiger partial charge in [0.05, 0.1) is 24.9 Å². The van der Waals surface area contributed by atoms with Gasteiger partial charge in [0.15, 0.2) is 18.2 Å². The predicted octanol–water partition coefficient (Wildman–Crippen LogP) is 1.92. The largest absolute Gasteiger partial charge is 0.488 e. The van der Waals surface area contributed by atoms with Crippen molar-refractivity contribution in [1.82, 2.24) is 19.9 Å². The average Bonchev–Trinajstić information content (AvgIpc) is 2.81. The van der Waals surface area contributed by atoms with Gasteiger partial charge in [-0.15, -0.1) is 4.98 Å². The highest BCUT2D eigenvalue weighted by molar-refractivity contribution is 6.30. The highest BCUT2D eigenvalue weighted by atomic mass is 35.5. The summed E-state index contributed by atoms with van der Waals surface area (Å²) >= 11 is 5.94. The van der Waals surface area contributed by atoms with Crippen LogP contribution in [0.2, 0.25) is 5.02 Å². The number of amides is 1.